The van der Waals surface area contributed by atoms with Crippen molar-refractivity contribution in [2.24, 2.45) is 0 Å². The Hall–Kier alpha value is -1.07. The minimum absolute atomic E-state index is 0. The van der Waals surface area contributed by atoms with Gasteiger partial charge in [-0.25, -0.2) is 9.78 Å². The molecule has 0 radical (unpaired) electrons. The Kier molecular flexibility index (Phi) is 4.96. The summed E-state index contributed by atoms with van der Waals surface area (Å²) in [5.41, 5.74) is 0.302. The van der Waals surface area contributed by atoms with Gasteiger partial charge < -0.3 is 14.5 Å². The van der Waals surface area contributed by atoms with Gasteiger partial charge >= 0.3 is 5.97 Å². The van der Waals surface area contributed by atoms with Crippen LogP contribution in [0.5, 0.6) is 0 Å². The SMILES string of the molecule is COC(=O)c1nc(C2CCNCC2)oc1C.Cl. The van der Waals surface area contributed by atoms with E-state index in [2.05, 4.69) is 15.0 Å². The number of halogens is 1. The third-order valence-electron chi connectivity index (χ3n) is 2.88. The number of rotatable bonds is 2. The zero-order valence-corrected chi connectivity index (χ0v) is 10.8. The van der Waals surface area contributed by atoms with Crippen molar-refractivity contribution in [3.8, 4) is 0 Å². The summed E-state index contributed by atoms with van der Waals surface area (Å²) in [6, 6.07) is 0. The van der Waals surface area contributed by atoms with E-state index in [0.717, 1.165) is 25.9 Å². The molecule has 1 aromatic rings. The van der Waals surface area contributed by atoms with Crippen LogP contribution in [0.2, 0.25) is 0 Å². The highest BCUT2D eigenvalue weighted by Gasteiger charge is 2.24. The van der Waals surface area contributed by atoms with Crippen LogP contribution in [-0.2, 0) is 4.74 Å². The molecule has 1 saturated heterocycles. The maximum absolute atomic E-state index is 11.4. The van der Waals surface area contributed by atoms with Crippen molar-refractivity contribution in [2.75, 3.05) is 20.2 Å². The first-order chi connectivity index (χ1) is 7.72. The van der Waals surface area contributed by atoms with Gasteiger partial charge in [0.2, 0.25) is 0 Å². The molecule has 1 fully saturated rings. The maximum atomic E-state index is 11.4. The predicted molar refractivity (Wildman–Crippen MR) is 64.7 cm³/mol. The van der Waals surface area contributed by atoms with Crippen LogP contribution in [0, 0.1) is 6.92 Å². The number of oxazole rings is 1. The molecule has 1 aliphatic heterocycles. The molecule has 5 nitrogen and oxygen atoms in total. The first-order valence-corrected chi connectivity index (χ1v) is 5.48. The van der Waals surface area contributed by atoms with E-state index in [1.807, 2.05) is 0 Å². The van der Waals surface area contributed by atoms with Crippen molar-refractivity contribution in [2.45, 2.75) is 25.7 Å². The quantitative estimate of drug-likeness (QED) is 0.820. The summed E-state index contributed by atoms with van der Waals surface area (Å²) in [7, 11) is 1.35. The number of hydrogen-bond donors (Lipinski definition) is 1. The minimum Gasteiger partial charge on any atom is -0.464 e. The molecular weight excluding hydrogens is 244 g/mol. The summed E-state index contributed by atoms with van der Waals surface area (Å²) in [5, 5.41) is 3.28. The molecule has 2 heterocycles. The lowest BCUT2D eigenvalue weighted by atomic mass is 9.98. The number of piperidine rings is 1. The number of esters is 1. The Bertz CT molecular complexity index is 386. The smallest absolute Gasteiger partial charge is 0.360 e. The van der Waals surface area contributed by atoms with Gasteiger partial charge in [0.05, 0.1) is 7.11 Å². The molecule has 17 heavy (non-hydrogen) atoms. The third-order valence-corrected chi connectivity index (χ3v) is 2.88. The molecule has 0 amide bonds. The first kappa shape index (κ1) is 14.0. The molecule has 1 N–H and O–H groups in total. The van der Waals surface area contributed by atoms with Crippen molar-refractivity contribution in [3.05, 3.63) is 17.3 Å². The summed E-state index contributed by atoms with van der Waals surface area (Å²) in [6.07, 6.45) is 2.00. The maximum Gasteiger partial charge on any atom is 0.360 e. The normalized spacial score (nSPS) is 16.4. The molecule has 0 aromatic carbocycles. The molecule has 0 bridgehead atoms. The summed E-state index contributed by atoms with van der Waals surface area (Å²) in [6.45, 7) is 3.68. The second kappa shape index (κ2) is 6.02. The van der Waals surface area contributed by atoms with E-state index in [1.54, 1.807) is 6.92 Å². The molecule has 6 heteroatoms. The number of aromatic nitrogens is 1. The van der Waals surface area contributed by atoms with Gasteiger partial charge in [0.1, 0.15) is 5.76 Å². The molecule has 0 atom stereocenters. The van der Waals surface area contributed by atoms with Crippen LogP contribution >= 0.6 is 12.4 Å². The fourth-order valence-corrected chi connectivity index (χ4v) is 1.95. The monoisotopic (exact) mass is 260 g/mol. The molecule has 1 aromatic heterocycles. The Morgan fingerprint density at radius 3 is 2.71 bits per heavy atom. The number of methoxy groups -OCH3 is 1. The molecule has 0 spiro atoms. The summed E-state index contributed by atoms with van der Waals surface area (Å²) < 4.78 is 10.2. The van der Waals surface area contributed by atoms with E-state index in [1.165, 1.54) is 7.11 Å². The highest BCUT2D eigenvalue weighted by atomic mass is 35.5. The number of ether oxygens (including phenoxy) is 1. The van der Waals surface area contributed by atoms with Crippen LogP contribution in [0.25, 0.3) is 0 Å². The minimum atomic E-state index is -0.429. The molecule has 1 aliphatic rings. The Morgan fingerprint density at radius 1 is 1.47 bits per heavy atom. The van der Waals surface area contributed by atoms with Crippen molar-refractivity contribution in [3.63, 3.8) is 0 Å². The van der Waals surface area contributed by atoms with Crippen molar-refractivity contribution in [1.29, 1.82) is 0 Å². The van der Waals surface area contributed by atoms with E-state index >= 15 is 0 Å². The highest BCUT2D eigenvalue weighted by molar-refractivity contribution is 5.88. The number of hydrogen-bond acceptors (Lipinski definition) is 5. The molecule has 0 saturated carbocycles. The number of nitrogens with zero attached hydrogens (tertiary/aromatic N) is 1. The second-order valence-corrected chi connectivity index (χ2v) is 3.97. The largest absolute Gasteiger partial charge is 0.464 e. The van der Waals surface area contributed by atoms with E-state index in [4.69, 9.17) is 4.42 Å². The van der Waals surface area contributed by atoms with Crippen LogP contribution in [0.4, 0.5) is 0 Å². The van der Waals surface area contributed by atoms with Gasteiger partial charge in [-0.1, -0.05) is 0 Å². The standard InChI is InChI=1S/C11H16N2O3.ClH/c1-7-9(11(14)15-2)13-10(16-7)8-3-5-12-6-4-8;/h8,12H,3-6H2,1-2H3;1H. The zero-order chi connectivity index (χ0) is 11.5. The fourth-order valence-electron chi connectivity index (χ4n) is 1.95. The average molecular weight is 261 g/mol. The first-order valence-electron chi connectivity index (χ1n) is 5.48. The number of carbonyl (C=O) groups is 1. The Labute approximate surface area is 106 Å². The van der Waals surface area contributed by atoms with Gasteiger partial charge in [0.25, 0.3) is 0 Å². The van der Waals surface area contributed by atoms with Crippen LogP contribution in [0.3, 0.4) is 0 Å². The average Bonchev–Trinajstić information content (AvgIpc) is 2.71. The topological polar surface area (TPSA) is 64.4 Å². The van der Waals surface area contributed by atoms with Gasteiger partial charge in [-0.05, 0) is 32.9 Å². The molecule has 0 aliphatic carbocycles. The highest BCUT2D eigenvalue weighted by Crippen LogP contribution is 2.26. The fraction of sp³-hybridized carbons (Fsp3) is 0.636. The van der Waals surface area contributed by atoms with E-state index in [9.17, 15) is 4.79 Å². The zero-order valence-electron chi connectivity index (χ0n) is 9.99. The lowest BCUT2D eigenvalue weighted by Gasteiger charge is -2.19. The van der Waals surface area contributed by atoms with Gasteiger partial charge in [-0.15, -0.1) is 12.4 Å². The second-order valence-electron chi connectivity index (χ2n) is 3.97. The summed E-state index contributed by atoms with van der Waals surface area (Å²) >= 11 is 0. The van der Waals surface area contributed by atoms with Crippen LogP contribution < -0.4 is 5.32 Å². The molecule has 0 unspecified atom stereocenters. The number of aryl methyl sites for hydroxylation is 1. The van der Waals surface area contributed by atoms with Gasteiger partial charge in [0.15, 0.2) is 11.6 Å². The lowest BCUT2D eigenvalue weighted by Crippen LogP contribution is -2.26. The van der Waals surface area contributed by atoms with E-state index in [-0.39, 0.29) is 12.4 Å². The van der Waals surface area contributed by atoms with Crippen LogP contribution in [0.1, 0.15) is 40.9 Å². The van der Waals surface area contributed by atoms with Crippen LogP contribution in [-0.4, -0.2) is 31.2 Å². The van der Waals surface area contributed by atoms with Gasteiger partial charge in [-0.2, -0.15) is 0 Å². The molecular formula is C11H17ClN2O3. The Balaban J connectivity index is 0.00000144. The third kappa shape index (κ3) is 2.98. The van der Waals surface area contributed by atoms with E-state index < -0.39 is 5.97 Å². The van der Waals surface area contributed by atoms with Gasteiger partial charge in [0, 0.05) is 5.92 Å². The number of nitrogens with one attached hydrogen (secondary N) is 1. The van der Waals surface area contributed by atoms with Crippen LogP contribution in [0.15, 0.2) is 4.42 Å². The van der Waals surface area contributed by atoms with E-state index in [0.29, 0.717) is 23.3 Å². The molecule has 96 valence electrons. The van der Waals surface area contributed by atoms with Crippen molar-refractivity contribution < 1.29 is 13.9 Å². The Morgan fingerprint density at radius 2 is 2.12 bits per heavy atom. The predicted octanol–water partition coefficient (Wildman–Crippen LogP) is 1.66. The van der Waals surface area contributed by atoms with Crippen molar-refractivity contribution >= 4 is 18.4 Å². The molecule has 2 rings (SSSR count). The summed E-state index contributed by atoms with van der Waals surface area (Å²) in [4.78, 5) is 15.6. The van der Waals surface area contributed by atoms with Crippen molar-refractivity contribution in [1.82, 2.24) is 10.3 Å². The number of carbonyl (C=O) groups excluding carboxylic acids is 1. The summed E-state index contributed by atoms with van der Waals surface area (Å²) in [5.74, 6) is 1.10. The lowest BCUT2D eigenvalue weighted by molar-refractivity contribution is 0.0593. The van der Waals surface area contributed by atoms with Gasteiger partial charge in [-0.3, -0.25) is 0 Å².